The molecule has 0 spiro atoms. The van der Waals surface area contributed by atoms with E-state index < -0.39 is 0 Å². The first-order valence-electron chi connectivity index (χ1n) is 20.8. The van der Waals surface area contributed by atoms with Crippen LogP contribution in [0.5, 0.6) is 69.0 Å². The van der Waals surface area contributed by atoms with E-state index in [1.165, 1.54) is 0 Å². The Labute approximate surface area is 366 Å². The molecule has 0 amide bonds. The van der Waals surface area contributed by atoms with Crippen LogP contribution in [0.25, 0.3) is 0 Å². The van der Waals surface area contributed by atoms with Gasteiger partial charge in [0.05, 0.1) is 42.7 Å². The van der Waals surface area contributed by atoms with Crippen molar-refractivity contribution in [3.8, 4) is 69.0 Å². The van der Waals surface area contributed by atoms with Crippen LogP contribution in [0.2, 0.25) is 0 Å². The Morgan fingerprint density at radius 1 is 0.238 bits per heavy atom. The fourth-order valence-corrected chi connectivity index (χ4v) is 9.17. The van der Waals surface area contributed by atoms with E-state index in [0.29, 0.717) is 108 Å². The summed E-state index contributed by atoms with van der Waals surface area (Å²) in [5.74, 6) is 6.74. The van der Waals surface area contributed by atoms with Gasteiger partial charge in [-0.1, -0.05) is 0 Å². The molecule has 0 fully saturated rings. The first kappa shape index (κ1) is 40.0. The van der Waals surface area contributed by atoms with Crippen LogP contribution < -0.4 is 56.8 Å². The minimum Gasteiger partial charge on any atom is -0.493 e. The van der Waals surface area contributed by atoms with Gasteiger partial charge in [-0.05, 0) is 178 Å². The van der Waals surface area contributed by atoms with Crippen LogP contribution in [0.15, 0.2) is 72.8 Å². The molecule has 0 aromatic heterocycles. The minimum atomic E-state index is -0.104. The van der Waals surface area contributed by atoms with Crippen molar-refractivity contribution in [2.45, 2.75) is 38.5 Å². The molecule has 12 heteroatoms. The number of hydrogen-bond donors (Lipinski definition) is 0. The molecule has 0 radical (unpaired) electrons. The molecule has 6 aromatic carbocycles. The fourth-order valence-electron chi connectivity index (χ4n) is 9.17. The van der Waals surface area contributed by atoms with Gasteiger partial charge in [-0.2, -0.15) is 0 Å². The van der Waals surface area contributed by atoms with Gasteiger partial charge >= 0.3 is 0 Å². The van der Waals surface area contributed by atoms with Crippen LogP contribution in [-0.4, -0.2) is 63.0 Å². The molecule has 0 saturated carbocycles. The summed E-state index contributed by atoms with van der Waals surface area (Å²) in [5, 5.41) is 0. The van der Waals surface area contributed by atoms with Gasteiger partial charge in [-0.25, -0.2) is 0 Å². The molecule has 12 nitrogen and oxygen atoms in total. The highest BCUT2D eigenvalue weighted by Gasteiger charge is 2.26. The predicted octanol–water partition coefficient (Wildman–Crippen LogP) is 8.78. The molecule has 0 unspecified atom stereocenters. The molecular formula is C51H48O12. The molecule has 12 aliphatic heterocycles. The van der Waals surface area contributed by atoms with Gasteiger partial charge in [-0.3, -0.25) is 0 Å². The molecule has 14 aliphatic rings. The number of ether oxygens (including phenoxy) is 12. The molecule has 20 rings (SSSR count). The van der Waals surface area contributed by atoms with E-state index in [1.807, 2.05) is 72.8 Å². The normalized spacial score (nSPS) is 14.4. The van der Waals surface area contributed by atoms with E-state index in [9.17, 15) is 0 Å². The third-order valence-corrected chi connectivity index (χ3v) is 12.5. The molecular weight excluding hydrogens is 805 g/mol. The van der Waals surface area contributed by atoms with Crippen molar-refractivity contribution in [1.29, 1.82) is 0 Å². The SMILES string of the molecule is COc1cc2c3cc1OCOc1cc4c(cc1OC)Cc1cc5c(OC)cc1Cc1cc(c(OC)cc1C4)OCOc1cc(c(cc1OC)Cc1cc(c(OC)cc1C3)OCO5)C2. The number of hydrogen-bond acceptors (Lipinski definition) is 12. The zero-order valence-electron chi connectivity index (χ0n) is 36.2. The molecule has 324 valence electrons. The van der Waals surface area contributed by atoms with E-state index in [-0.39, 0.29) is 20.4 Å². The van der Waals surface area contributed by atoms with Gasteiger partial charge in [0.2, 0.25) is 20.4 Å². The van der Waals surface area contributed by atoms with Crippen molar-refractivity contribution in [3.05, 3.63) is 140 Å². The van der Waals surface area contributed by atoms with Gasteiger partial charge in [0, 0.05) is 0 Å². The molecule has 2 aliphatic carbocycles. The Morgan fingerprint density at radius 2 is 0.381 bits per heavy atom. The van der Waals surface area contributed by atoms with Gasteiger partial charge < -0.3 is 56.8 Å². The van der Waals surface area contributed by atoms with Gasteiger partial charge in [0.1, 0.15) is 0 Å². The first-order chi connectivity index (χ1) is 30.8. The zero-order chi connectivity index (χ0) is 43.2. The Hall–Kier alpha value is -7.08. The smallest absolute Gasteiger partial charge is 0.231 e. The van der Waals surface area contributed by atoms with Crippen molar-refractivity contribution in [3.63, 3.8) is 0 Å². The third kappa shape index (κ3) is 7.53. The zero-order valence-corrected chi connectivity index (χ0v) is 36.2. The van der Waals surface area contributed by atoms with Gasteiger partial charge in [0.25, 0.3) is 0 Å². The van der Waals surface area contributed by atoms with Crippen molar-refractivity contribution < 1.29 is 56.8 Å². The second-order valence-corrected chi connectivity index (χ2v) is 15.9. The lowest BCUT2D eigenvalue weighted by Crippen LogP contribution is -2.11. The van der Waals surface area contributed by atoms with E-state index in [0.717, 1.165) is 66.8 Å². The summed E-state index contributed by atoms with van der Waals surface area (Å²) in [6, 6.07) is 24.5. The first-order valence-corrected chi connectivity index (χ1v) is 20.8. The molecule has 12 heterocycles. The lowest BCUT2D eigenvalue weighted by Gasteiger charge is -2.20. The Kier molecular flexibility index (Phi) is 10.6. The van der Waals surface area contributed by atoms with Gasteiger partial charge in [-0.15, -0.1) is 0 Å². The summed E-state index contributed by atoms with van der Waals surface area (Å²) in [6.45, 7) is -0.312. The Balaban J connectivity index is 1.25. The summed E-state index contributed by atoms with van der Waals surface area (Å²) in [6.07, 6.45) is 3.38. The maximum atomic E-state index is 6.47. The monoisotopic (exact) mass is 852 g/mol. The molecule has 0 N–H and O–H groups in total. The van der Waals surface area contributed by atoms with Crippen LogP contribution in [-0.2, 0) is 38.5 Å². The highest BCUT2D eigenvalue weighted by molar-refractivity contribution is 5.60. The molecule has 6 aromatic rings. The largest absolute Gasteiger partial charge is 0.493 e. The van der Waals surface area contributed by atoms with Crippen molar-refractivity contribution in [1.82, 2.24) is 0 Å². The maximum absolute atomic E-state index is 6.47. The second kappa shape index (κ2) is 16.7. The Morgan fingerprint density at radius 3 is 0.524 bits per heavy atom. The summed E-state index contributed by atoms with van der Waals surface area (Å²) in [4.78, 5) is 0. The van der Waals surface area contributed by atoms with Crippen LogP contribution in [0.4, 0.5) is 0 Å². The average molecular weight is 853 g/mol. The quantitative estimate of drug-likeness (QED) is 0.160. The highest BCUT2D eigenvalue weighted by Crippen LogP contribution is 2.44. The van der Waals surface area contributed by atoms with Gasteiger partial charge in [0.15, 0.2) is 69.0 Å². The fraction of sp³-hybridized carbons (Fsp3) is 0.294. The van der Waals surface area contributed by atoms with Crippen LogP contribution in [0.3, 0.4) is 0 Å². The van der Waals surface area contributed by atoms with Crippen molar-refractivity contribution in [2.75, 3.05) is 63.0 Å². The maximum Gasteiger partial charge on any atom is 0.231 e. The number of methoxy groups -OCH3 is 6. The van der Waals surface area contributed by atoms with Crippen molar-refractivity contribution in [2.24, 2.45) is 0 Å². The lowest BCUT2D eigenvalue weighted by molar-refractivity contribution is 0.112. The lowest BCUT2D eigenvalue weighted by atomic mass is 9.94. The summed E-state index contributed by atoms with van der Waals surface area (Å²) >= 11 is 0. The molecule has 18 bridgehead atoms. The topological polar surface area (TPSA) is 111 Å². The van der Waals surface area contributed by atoms with Crippen LogP contribution in [0.1, 0.15) is 66.8 Å². The molecule has 0 atom stereocenters. The average Bonchev–Trinajstić information content (AvgIpc) is 3.39. The second-order valence-electron chi connectivity index (χ2n) is 15.9. The highest BCUT2D eigenvalue weighted by atomic mass is 16.7. The predicted molar refractivity (Wildman–Crippen MR) is 233 cm³/mol. The molecule has 63 heavy (non-hydrogen) atoms. The molecule has 0 saturated heterocycles. The summed E-state index contributed by atoms with van der Waals surface area (Å²) in [5.41, 5.74) is 12.5. The van der Waals surface area contributed by atoms with E-state index in [2.05, 4.69) is 0 Å². The summed E-state index contributed by atoms with van der Waals surface area (Å²) in [7, 11) is 9.87. The number of benzene rings is 6. The Bertz CT molecular complexity index is 2280. The minimum absolute atomic E-state index is 0.104. The van der Waals surface area contributed by atoms with Crippen LogP contribution >= 0.6 is 0 Å². The van der Waals surface area contributed by atoms with E-state index in [4.69, 9.17) is 56.8 Å². The van der Waals surface area contributed by atoms with E-state index in [1.54, 1.807) is 42.7 Å². The standard InChI is InChI=1S/C51H48O12/c1-52-40-13-28-7-35-20-48-43(55-4)15-30(35)9-36-22-49-42(54-3)14-29(36)8-34(28)19-46(40)58-25-59-47-21-37-10-32-17-44(56-5)50(61-26-60-48)24-39(32)12-33-18-45(57-6)51(63-27-62-49)23-38(33)11-31(37)16-41(47)53-2/h13-24H,7-12,25-27H2,1-6H3. The van der Waals surface area contributed by atoms with Crippen LogP contribution in [0, 0.1) is 0 Å². The third-order valence-electron chi connectivity index (χ3n) is 12.5. The van der Waals surface area contributed by atoms with E-state index >= 15 is 0 Å². The summed E-state index contributed by atoms with van der Waals surface area (Å²) < 4.78 is 74.7. The number of rotatable bonds is 6. The van der Waals surface area contributed by atoms with Crippen molar-refractivity contribution >= 4 is 0 Å².